The Labute approximate surface area is 89.2 Å². The van der Waals surface area contributed by atoms with Gasteiger partial charge in [-0.25, -0.2) is 0 Å². The van der Waals surface area contributed by atoms with Crippen LogP contribution >= 0.6 is 0 Å². The van der Waals surface area contributed by atoms with Gasteiger partial charge in [0, 0.05) is 0 Å². The number of rotatable bonds is 5. The first-order valence-electron chi connectivity index (χ1n) is 4.69. The number of esters is 1. The van der Waals surface area contributed by atoms with Gasteiger partial charge in [-0.3, -0.25) is 4.79 Å². The number of likely N-dealkylation sites (N-methyl/N-ethyl adjacent to an activating group) is 1. The van der Waals surface area contributed by atoms with Crippen LogP contribution in [0.1, 0.15) is 5.56 Å². The highest BCUT2D eigenvalue weighted by Crippen LogP contribution is 2.11. The van der Waals surface area contributed by atoms with E-state index in [2.05, 4.69) is 5.32 Å². The molecule has 0 spiro atoms. The molecule has 0 aliphatic rings. The van der Waals surface area contributed by atoms with Crippen molar-refractivity contribution in [1.82, 2.24) is 5.32 Å². The van der Waals surface area contributed by atoms with Gasteiger partial charge in [0.1, 0.15) is 12.4 Å². The second-order valence-electron chi connectivity index (χ2n) is 3.04. The highest BCUT2D eigenvalue weighted by atomic mass is 16.5. The van der Waals surface area contributed by atoms with Crippen LogP contribution in [0.25, 0.3) is 0 Å². The fourth-order valence-electron chi connectivity index (χ4n) is 1.08. The molecule has 0 heterocycles. The molecule has 0 aliphatic heterocycles. The summed E-state index contributed by atoms with van der Waals surface area (Å²) in [5.74, 6) is 0.536. The maximum Gasteiger partial charge on any atom is 0.320 e. The van der Waals surface area contributed by atoms with E-state index >= 15 is 0 Å². The maximum absolute atomic E-state index is 11.0. The molecule has 0 fully saturated rings. The van der Waals surface area contributed by atoms with E-state index in [1.165, 1.54) is 0 Å². The monoisotopic (exact) mass is 209 g/mol. The molecule has 1 rings (SSSR count). The zero-order chi connectivity index (χ0) is 11.1. The molecule has 1 aromatic carbocycles. The maximum atomic E-state index is 11.0. The second kappa shape index (κ2) is 6.03. The van der Waals surface area contributed by atoms with Gasteiger partial charge in [-0.05, 0) is 24.7 Å². The first-order chi connectivity index (χ1) is 7.26. The lowest BCUT2D eigenvalue weighted by atomic mass is 10.2. The van der Waals surface area contributed by atoms with Crippen molar-refractivity contribution in [3.8, 4) is 5.75 Å². The predicted octanol–water partition coefficient (Wildman–Crippen LogP) is 0.958. The van der Waals surface area contributed by atoms with Crippen LogP contribution in [-0.4, -0.2) is 26.7 Å². The number of methoxy groups -OCH3 is 1. The summed E-state index contributed by atoms with van der Waals surface area (Å²) in [6.45, 7) is 0.528. The number of carbonyl (C=O) groups is 1. The molecule has 1 aromatic rings. The Morgan fingerprint density at radius 1 is 1.33 bits per heavy atom. The van der Waals surface area contributed by atoms with Gasteiger partial charge in [0.25, 0.3) is 0 Å². The van der Waals surface area contributed by atoms with Crippen LogP contribution in [-0.2, 0) is 16.1 Å². The third-order valence-electron chi connectivity index (χ3n) is 1.88. The smallest absolute Gasteiger partial charge is 0.320 e. The number of hydrogen-bond acceptors (Lipinski definition) is 4. The summed E-state index contributed by atoms with van der Waals surface area (Å²) in [5.41, 5.74) is 0.945. The van der Waals surface area contributed by atoms with E-state index in [1.807, 2.05) is 24.3 Å². The lowest BCUT2D eigenvalue weighted by Crippen LogP contribution is -2.20. The number of ether oxygens (including phenoxy) is 2. The highest BCUT2D eigenvalue weighted by molar-refractivity contribution is 5.71. The SMILES string of the molecule is CNCC(=O)OCc1ccc(OC)cc1. The van der Waals surface area contributed by atoms with Gasteiger partial charge >= 0.3 is 5.97 Å². The largest absolute Gasteiger partial charge is 0.497 e. The predicted molar refractivity (Wildman–Crippen MR) is 56.7 cm³/mol. The van der Waals surface area contributed by atoms with Gasteiger partial charge in [0.2, 0.25) is 0 Å². The van der Waals surface area contributed by atoms with E-state index in [4.69, 9.17) is 9.47 Å². The number of carbonyl (C=O) groups excluding carboxylic acids is 1. The fourth-order valence-corrected chi connectivity index (χ4v) is 1.08. The summed E-state index contributed by atoms with van der Waals surface area (Å²) < 4.78 is 10.0. The van der Waals surface area contributed by atoms with Gasteiger partial charge in [0.05, 0.1) is 13.7 Å². The standard InChI is InChI=1S/C11H15NO3/c1-12-7-11(13)15-8-9-3-5-10(14-2)6-4-9/h3-6,12H,7-8H2,1-2H3. The Bertz CT molecular complexity index is 308. The summed E-state index contributed by atoms with van der Waals surface area (Å²) in [6, 6.07) is 7.40. The van der Waals surface area contributed by atoms with Crippen molar-refractivity contribution in [1.29, 1.82) is 0 Å². The third-order valence-corrected chi connectivity index (χ3v) is 1.88. The van der Waals surface area contributed by atoms with Crippen LogP contribution in [0.4, 0.5) is 0 Å². The van der Waals surface area contributed by atoms with Gasteiger partial charge in [-0.2, -0.15) is 0 Å². The van der Waals surface area contributed by atoms with Crippen LogP contribution < -0.4 is 10.1 Å². The number of benzene rings is 1. The Morgan fingerprint density at radius 3 is 2.53 bits per heavy atom. The van der Waals surface area contributed by atoms with Gasteiger partial charge in [0.15, 0.2) is 0 Å². The molecule has 0 unspecified atom stereocenters. The van der Waals surface area contributed by atoms with E-state index in [1.54, 1.807) is 14.2 Å². The van der Waals surface area contributed by atoms with Crippen LogP contribution in [0.15, 0.2) is 24.3 Å². The van der Waals surface area contributed by atoms with E-state index in [0.717, 1.165) is 11.3 Å². The van der Waals surface area contributed by atoms with Crippen molar-refractivity contribution < 1.29 is 14.3 Å². The minimum Gasteiger partial charge on any atom is -0.497 e. The van der Waals surface area contributed by atoms with Crippen molar-refractivity contribution in [3.05, 3.63) is 29.8 Å². The molecule has 4 nitrogen and oxygen atoms in total. The molecule has 1 N–H and O–H groups in total. The minimum atomic E-state index is -0.256. The minimum absolute atomic E-state index is 0.232. The molecule has 0 saturated heterocycles. The summed E-state index contributed by atoms with van der Waals surface area (Å²) >= 11 is 0. The molecule has 0 atom stereocenters. The van der Waals surface area contributed by atoms with E-state index < -0.39 is 0 Å². The zero-order valence-electron chi connectivity index (χ0n) is 8.95. The fraction of sp³-hybridized carbons (Fsp3) is 0.364. The highest BCUT2D eigenvalue weighted by Gasteiger charge is 2.01. The second-order valence-corrected chi connectivity index (χ2v) is 3.04. The first kappa shape index (κ1) is 11.5. The quantitative estimate of drug-likeness (QED) is 0.734. The number of hydrogen-bond donors (Lipinski definition) is 1. The Hall–Kier alpha value is -1.55. The molecule has 0 aromatic heterocycles. The lowest BCUT2D eigenvalue weighted by molar-refractivity contribution is -0.143. The molecule has 0 saturated carbocycles. The van der Waals surface area contributed by atoms with Crippen LogP contribution in [0, 0.1) is 0 Å². The lowest BCUT2D eigenvalue weighted by Gasteiger charge is -2.05. The van der Waals surface area contributed by atoms with Gasteiger partial charge < -0.3 is 14.8 Å². The number of nitrogens with one attached hydrogen (secondary N) is 1. The Kier molecular flexibility index (Phi) is 4.63. The summed E-state index contributed by atoms with van der Waals surface area (Å²) in [6.07, 6.45) is 0. The van der Waals surface area contributed by atoms with E-state index in [9.17, 15) is 4.79 Å². The Morgan fingerprint density at radius 2 is 2.00 bits per heavy atom. The average molecular weight is 209 g/mol. The molecular formula is C11H15NO3. The van der Waals surface area contributed by atoms with E-state index in [0.29, 0.717) is 6.61 Å². The molecule has 0 amide bonds. The van der Waals surface area contributed by atoms with Crippen LogP contribution in [0.5, 0.6) is 5.75 Å². The molecule has 4 heteroatoms. The topological polar surface area (TPSA) is 47.6 Å². The summed E-state index contributed by atoms with van der Waals surface area (Å²) in [7, 11) is 3.32. The normalized spacial score (nSPS) is 9.73. The molecule has 82 valence electrons. The first-order valence-corrected chi connectivity index (χ1v) is 4.69. The van der Waals surface area contributed by atoms with E-state index in [-0.39, 0.29) is 12.5 Å². The summed E-state index contributed by atoms with van der Waals surface area (Å²) in [4.78, 5) is 11.0. The molecule has 0 radical (unpaired) electrons. The zero-order valence-corrected chi connectivity index (χ0v) is 8.95. The van der Waals surface area contributed by atoms with Gasteiger partial charge in [-0.15, -0.1) is 0 Å². The molecular weight excluding hydrogens is 194 g/mol. The van der Waals surface area contributed by atoms with Crippen molar-refractivity contribution in [2.45, 2.75) is 6.61 Å². The Balaban J connectivity index is 2.40. The van der Waals surface area contributed by atoms with Gasteiger partial charge in [-0.1, -0.05) is 12.1 Å². The van der Waals surface area contributed by atoms with Crippen LogP contribution in [0.3, 0.4) is 0 Å². The van der Waals surface area contributed by atoms with Crippen molar-refractivity contribution in [2.24, 2.45) is 0 Å². The molecule has 0 bridgehead atoms. The van der Waals surface area contributed by atoms with Crippen LogP contribution in [0.2, 0.25) is 0 Å². The van der Waals surface area contributed by atoms with Crippen molar-refractivity contribution in [3.63, 3.8) is 0 Å². The summed E-state index contributed by atoms with van der Waals surface area (Å²) in [5, 5.41) is 2.73. The average Bonchev–Trinajstić information content (AvgIpc) is 2.27. The van der Waals surface area contributed by atoms with Crippen molar-refractivity contribution in [2.75, 3.05) is 20.7 Å². The van der Waals surface area contributed by atoms with Crippen molar-refractivity contribution >= 4 is 5.97 Å². The third kappa shape index (κ3) is 3.99. The molecule has 0 aliphatic carbocycles. The molecule has 15 heavy (non-hydrogen) atoms.